The Labute approximate surface area is 198 Å². The number of nitrogens with one attached hydrogen (secondary N) is 2. The van der Waals surface area contributed by atoms with E-state index < -0.39 is 24.7 Å². The summed E-state index contributed by atoms with van der Waals surface area (Å²) in [5, 5.41) is 15.5. The van der Waals surface area contributed by atoms with Crippen molar-refractivity contribution in [3.05, 3.63) is 47.0 Å². The number of amidine groups is 1. The molecule has 0 radical (unpaired) electrons. The van der Waals surface area contributed by atoms with Crippen molar-refractivity contribution in [2.75, 3.05) is 19.7 Å². The maximum atomic E-state index is 13.2. The third-order valence-electron chi connectivity index (χ3n) is 8.08. The fourth-order valence-electron chi connectivity index (χ4n) is 4.34. The van der Waals surface area contributed by atoms with Crippen molar-refractivity contribution in [2.45, 2.75) is 70.4 Å². The summed E-state index contributed by atoms with van der Waals surface area (Å²) < 4.78 is 0. The molecule has 0 unspecified atom stereocenters. The molecule has 0 aromatic heterocycles. The van der Waals surface area contributed by atoms with Crippen LogP contribution >= 0.6 is 0 Å². The maximum Gasteiger partial charge on any atom is 0.318 e. The molecule has 0 fully saturated rings. The van der Waals surface area contributed by atoms with Crippen molar-refractivity contribution in [1.82, 2.24) is 15.5 Å². The molecule has 3 rings (SSSR count). The third-order valence-corrected chi connectivity index (χ3v) is 13.5. The minimum Gasteiger partial charge on any atom is -0.394 e. The summed E-state index contributed by atoms with van der Waals surface area (Å²) in [4.78, 5) is 32.9. The molecule has 0 spiro atoms. The fourth-order valence-corrected chi connectivity index (χ4v) is 5.91. The summed E-state index contributed by atoms with van der Waals surface area (Å²) in [7, 11) is -1.77. The lowest BCUT2D eigenvalue weighted by Gasteiger charge is -2.38. The summed E-state index contributed by atoms with van der Waals surface area (Å²) in [6.45, 7) is 15.3. The van der Waals surface area contributed by atoms with E-state index in [2.05, 4.69) is 35.6 Å². The smallest absolute Gasteiger partial charge is 0.318 e. The van der Waals surface area contributed by atoms with E-state index in [1.54, 1.807) is 4.90 Å². The molecule has 1 atom stereocenters. The highest BCUT2D eigenvalue weighted by atomic mass is 28.3. The summed E-state index contributed by atoms with van der Waals surface area (Å²) in [5.41, 5.74) is 2.29. The molecule has 3 amide bonds. The molecule has 3 N–H and O–H groups in total. The van der Waals surface area contributed by atoms with Crippen LogP contribution in [0.2, 0.25) is 24.2 Å². The number of hydrogen-bond acceptors (Lipinski definition) is 4. The Balaban J connectivity index is 1.75. The van der Waals surface area contributed by atoms with Gasteiger partial charge in [-0.3, -0.25) is 9.79 Å². The average molecular weight is 471 g/mol. The fraction of sp³-hybridized carbons (Fsp3) is 0.560. The molecule has 33 heavy (non-hydrogen) atoms. The maximum absolute atomic E-state index is 13.2. The Morgan fingerprint density at radius 3 is 2.45 bits per heavy atom. The van der Waals surface area contributed by atoms with E-state index in [9.17, 15) is 14.7 Å². The Morgan fingerprint density at radius 1 is 1.24 bits per heavy atom. The topological polar surface area (TPSA) is 94.0 Å². The summed E-state index contributed by atoms with van der Waals surface area (Å²) in [6, 6.07) is 9.73. The zero-order chi connectivity index (χ0) is 24.6. The van der Waals surface area contributed by atoms with Gasteiger partial charge in [0.15, 0.2) is 0 Å². The first-order valence-corrected chi connectivity index (χ1v) is 14.9. The number of aliphatic hydroxyl groups excluding tert-OH is 1. The number of hydrogen-bond donors (Lipinski definition) is 3. The molecule has 0 saturated heterocycles. The van der Waals surface area contributed by atoms with Gasteiger partial charge >= 0.3 is 6.03 Å². The van der Waals surface area contributed by atoms with E-state index >= 15 is 0 Å². The van der Waals surface area contributed by atoms with Gasteiger partial charge in [0.25, 0.3) is 0 Å². The predicted octanol–water partition coefficient (Wildman–Crippen LogP) is 3.86. The number of carbonyl (C=O) groups excluding carboxylic acids is 2. The minimum atomic E-state index is -1.77. The molecule has 180 valence electrons. The van der Waals surface area contributed by atoms with Crippen molar-refractivity contribution in [2.24, 2.45) is 4.99 Å². The van der Waals surface area contributed by atoms with E-state index in [0.29, 0.717) is 18.9 Å². The number of urea groups is 1. The molecule has 0 aliphatic carbocycles. The highest BCUT2D eigenvalue weighted by molar-refractivity contribution is 6.83. The van der Waals surface area contributed by atoms with Gasteiger partial charge in [-0.2, -0.15) is 0 Å². The van der Waals surface area contributed by atoms with E-state index in [4.69, 9.17) is 0 Å². The van der Waals surface area contributed by atoms with Crippen LogP contribution in [-0.4, -0.2) is 61.1 Å². The molecule has 2 aliphatic heterocycles. The van der Waals surface area contributed by atoms with E-state index in [1.165, 1.54) is 0 Å². The van der Waals surface area contributed by atoms with Gasteiger partial charge in [-0.25, -0.2) is 4.79 Å². The lowest BCUT2D eigenvalue weighted by molar-refractivity contribution is -0.122. The second-order valence-electron chi connectivity index (χ2n) is 10.7. The van der Waals surface area contributed by atoms with Gasteiger partial charge in [0.2, 0.25) is 5.91 Å². The molecule has 2 heterocycles. The van der Waals surface area contributed by atoms with Gasteiger partial charge in [-0.05, 0) is 25.0 Å². The van der Waals surface area contributed by atoms with Crippen molar-refractivity contribution in [3.63, 3.8) is 0 Å². The normalized spacial score (nSPS) is 18.7. The largest absolute Gasteiger partial charge is 0.394 e. The van der Waals surface area contributed by atoms with Crippen molar-refractivity contribution in [3.8, 4) is 0 Å². The number of rotatable bonds is 6. The quantitative estimate of drug-likeness (QED) is 0.551. The van der Waals surface area contributed by atoms with Gasteiger partial charge in [0.05, 0.1) is 39.4 Å². The molecular weight excluding hydrogens is 432 g/mol. The van der Waals surface area contributed by atoms with Gasteiger partial charge < -0.3 is 20.6 Å². The third kappa shape index (κ3) is 4.51. The van der Waals surface area contributed by atoms with Gasteiger partial charge in [0, 0.05) is 10.6 Å². The molecule has 0 bridgehead atoms. The molecule has 7 nitrogen and oxygen atoms in total. The lowest BCUT2D eigenvalue weighted by atomic mass is 9.94. The highest BCUT2D eigenvalue weighted by Crippen LogP contribution is 2.41. The first-order chi connectivity index (χ1) is 15.4. The Bertz CT molecular complexity index is 983. The predicted molar refractivity (Wildman–Crippen MR) is 135 cm³/mol. The van der Waals surface area contributed by atoms with Crippen LogP contribution < -0.4 is 10.6 Å². The standard InChI is InChI=1S/C25H38N4O3Si/c1-8-33(6,7)25(4,5)22(31)28-21-18-15-29(24(2,3)19(18)14-26-21)23(32)27-20(16-30)17-12-10-9-11-13-17/h9-13,20,30H,8,14-16H2,1-7H3,(H,27,32)(H,26,28,31)/t20-/m1/s1. The lowest BCUT2D eigenvalue weighted by Crippen LogP contribution is -2.52. The molecular formula is C25H38N4O3Si. The molecule has 8 heteroatoms. The monoisotopic (exact) mass is 470 g/mol. The zero-order valence-corrected chi connectivity index (χ0v) is 22.0. The summed E-state index contributed by atoms with van der Waals surface area (Å²) >= 11 is 0. The first kappa shape index (κ1) is 25.2. The van der Waals surface area contributed by atoms with Crippen LogP contribution in [-0.2, 0) is 4.79 Å². The summed E-state index contributed by atoms with van der Waals surface area (Å²) in [5.74, 6) is 0.591. The Morgan fingerprint density at radius 2 is 1.88 bits per heavy atom. The Hall–Kier alpha value is -2.45. The van der Waals surface area contributed by atoms with Crippen molar-refractivity contribution >= 4 is 25.8 Å². The van der Waals surface area contributed by atoms with Crippen LogP contribution in [0.25, 0.3) is 0 Å². The first-order valence-electron chi connectivity index (χ1n) is 11.7. The molecule has 0 saturated carbocycles. The SMILES string of the molecule is CC[Si](C)(C)C(C)(C)C(=O)NC1=NCC2=C1CN(C(=O)N[C@H](CO)c1ccccc1)C2(C)C. The van der Waals surface area contributed by atoms with Crippen LogP contribution in [0.3, 0.4) is 0 Å². The van der Waals surface area contributed by atoms with Crippen molar-refractivity contribution in [1.29, 1.82) is 0 Å². The number of aliphatic hydroxyl groups is 1. The number of amides is 3. The van der Waals surface area contributed by atoms with E-state index in [1.807, 2.05) is 58.0 Å². The number of carbonyl (C=O) groups is 2. The van der Waals surface area contributed by atoms with Crippen LogP contribution in [0.15, 0.2) is 46.5 Å². The van der Waals surface area contributed by atoms with Crippen LogP contribution in [0.1, 0.15) is 46.2 Å². The highest BCUT2D eigenvalue weighted by Gasteiger charge is 2.48. The van der Waals surface area contributed by atoms with Crippen LogP contribution in [0.5, 0.6) is 0 Å². The average Bonchev–Trinajstić information content (AvgIpc) is 3.30. The second kappa shape index (κ2) is 9.06. The summed E-state index contributed by atoms with van der Waals surface area (Å²) in [6.07, 6.45) is 0. The Kier molecular flexibility index (Phi) is 6.91. The molecule has 2 aliphatic rings. The van der Waals surface area contributed by atoms with Gasteiger partial charge in [-0.15, -0.1) is 0 Å². The number of aliphatic imine (C=N–C) groups is 1. The minimum absolute atomic E-state index is 0.00125. The van der Waals surface area contributed by atoms with Gasteiger partial charge in [-0.1, -0.05) is 70.2 Å². The zero-order valence-electron chi connectivity index (χ0n) is 21.0. The number of nitrogens with zero attached hydrogens (tertiary/aromatic N) is 2. The molecule has 1 aromatic rings. The molecule has 1 aromatic carbocycles. The van der Waals surface area contributed by atoms with E-state index in [-0.39, 0.29) is 18.5 Å². The van der Waals surface area contributed by atoms with Gasteiger partial charge in [0.1, 0.15) is 5.84 Å². The van der Waals surface area contributed by atoms with Crippen molar-refractivity contribution < 1.29 is 14.7 Å². The van der Waals surface area contributed by atoms with Crippen LogP contribution in [0.4, 0.5) is 4.79 Å². The van der Waals surface area contributed by atoms with E-state index in [0.717, 1.165) is 22.8 Å². The number of benzene rings is 1. The second-order valence-corrected chi connectivity index (χ2v) is 16.4. The van der Waals surface area contributed by atoms with Crippen LogP contribution in [0, 0.1) is 0 Å².